The van der Waals surface area contributed by atoms with Crippen LogP contribution in [0.25, 0.3) is 0 Å². The molecule has 0 atom stereocenters. The first-order chi connectivity index (χ1) is 7.69. The first-order valence-electron chi connectivity index (χ1n) is 5.25. The molecule has 0 amide bonds. The van der Waals surface area contributed by atoms with Crippen LogP contribution in [0.5, 0.6) is 0 Å². The van der Waals surface area contributed by atoms with Crippen LogP contribution in [-0.2, 0) is 0 Å². The molecule has 0 aromatic rings. The van der Waals surface area contributed by atoms with Gasteiger partial charge in [0.15, 0.2) is 0 Å². The second-order valence-corrected chi connectivity index (χ2v) is 3.55. The van der Waals surface area contributed by atoms with Crippen LogP contribution in [0.1, 0.15) is 27.2 Å². The Bertz CT molecular complexity index is 389. The van der Waals surface area contributed by atoms with Gasteiger partial charge in [0.2, 0.25) is 0 Å². The molecule has 16 heavy (non-hydrogen) atoms. The zero-order valence-electron chi connectivity index (χ0n) is 9.88. The molecule has 0 aromatic carbocycles. The Labute approximate surface area is 95.9 Å². The van der Waals surface area contributed by atoms with Crippen molar-refractivity contribution in [3.05, 3.63) is 35.7 Å². The van der Waals surface area contributed by atoms with E-state index < -0.39 is 0 Å². The molecule has 86 valence electrons. The van der Waals surface area contributed by atoms with Crippen LogP contribution in [0.15, 0.2) is 46.0 Å². The molecule has 1 aliphatic heterocycles. The standard InChI is InChI=1S/C12H17N3O/c1-4-11(3)14-15-8-6-5-7-12(15)10(2)9-13-16/h5-9,16H,4H2,1-3H3/b12-10+,13-9?,14-11+. The van der Waals surface area contributed by atoms with Gasteiger partial charge in [-0.1, -0.05) is 18.2 Å². The maximum atomic E-state index is 8.52. The molecule has 0 unspecified atom stereocenters. The van der Waals surface area contributed by atoms with Crippen LogP contribution in [0.2, 0.25) is 0 Å². The summed E-state index contributed by atoms with van der Waals surface area (Å²) >= 11 is 0. The molecule has 1 aliphatic rings. The highest BCUT2D eigenvalue weighted by molar-refractivity contribution is 5.82. The second kappa shape index (κ2) is 5.90. The van der Waals surface area contributed by atoms with Crippen LogP contribution in [0.3, 0.4) is 0 Å². The highest BCUT2D eigenvalue weighted by atomic mass is 16.4. The summed E-state index contributed by atoms with van der Waals surface area (Å²) in [7, 11) is 0. The van der Waals surface area contributed by atoms with Crippen molar-refractivity contribution in [3.63, 3.8) is 0 Å². The Hall–Kier alpha value is -1.84. The third kappa shape index (κ3) is 3.08. The van der Waals surface area contributed by atoms with E-state index in [9.17, 15) is 0 Å². The van der Waals surface area contributed by atoms with Gasteiger partial charge in [-0.2, -0.15) is 5.10 Å². The summed E-state index contributed by atoms with van der Waals surface area (Å²) in [6.07, 6.45) is 9.97. The summed E-state index contributed by atoms with van der Waals surface area (Å²) in [4.78, 5) is 0. The summed E-state index contributed by atoms with van der Waals surface area (Å²) in [6, 6.07) is 0. The molecule has 0 fully saturated rings. The molecule has 0 saturated carbocycles. The Kier molecular flexibility index (Phi) is 4.51. The lowest BCUT2D eigenvalue weighted by Gasteiger charge is -2.20. The van der Waals surface area contributed by atoms with Crippen molar-refractivity contribution < 1.29 is 5.21 Å². The van der Waals surface area contributed by atoms with Crippen LogP contribution >= 0.6 is 0 Å². The van der Waals surface area contributed by atoms with Crippen molar-refractivity contribution in [2.75, 3.05) is 0 Å². The molecular weight excluding hydrogens is 202 g/mol. The number of nitrogens with zero attached hydrogens (tertiary/aromatic N) is 3. The van der Waals surface area contributed by atoms with E-state index in [0.29, 0.717) is 0 Å². The second-order valence-electron chi connectivity index (χ2n) is 3.55. The fraction of sp³-hybridized carbons (Fsp3) is 0.333. The number of hydrazone groups is 1. The highest BCUT2D eigenvalue weighted by Gasteiger charge is 2.08. The van der Waals surface area contributed by atoms with Gasteiger partial charge in [0.1, 0.15) is 0 Å². The summed E-state index contributed by atoms with van der Waals surface area (Å²) in [5, 5.41) is 17.8. The number of hydrogen-bond acceptors (Lipinski definition) is 4. The fourth-order valence-electron chi connectivity index (χ4n) is 1.24. The monoisotopic (exact) mass is 219 g/mol. The number of rotatable bonds is 3. The molecule has 1 N–H and O–H groups in total. The van der Waals surface area contributed by atoms with Crippen molar-refractivity contribution in [2.45, 2.75) is 27.2 Å². The predicted molar refractivity (Wildman–Crippen MR) is 66.5 cm³/mol. The molecule has 0 radical (unpaired) electrons. The third-order valence-electron chi connectivity index (χ3n) is 2.28. The predicted octanol–water partition coefficient (Wildman–Crippen LogP) is 2.89. The molecule has 1 rings (SSSR count). The minimum Gasteiger partial charge on any atom is -0.411 e. The quantitative estimate of drug-likeness (QED) is 0.450. The normalized spacial score (nSPS) is 19.7. The van der Waals surface area contributed by atoms with E-state index in [0.717, 1.165) is 23.4 Å². The van der Waals surface area contributed by atoms with Gasteiger partial charge >= 0.3 is 0 Å². The van der Waals surface area contributed by atoms with Crippen molar-refractivity contribution in [1.29, 1.82) is 0 Å². The molecule has 0 bridgehead atoms. The fourth-order valence-corrected chi connectivity index (χ4v) is 1.24. The lowest BCUT2D eigenvalue weighted by atomic mass is 10.2. The number of oxime groups is 1. The smallest absolute Gasteiger partial charge is 0.0712 e. The maximum absolute atomic E-state index is 8.52. The molecule has 0 aromatic heterocycles. The summed E-state index contributed by atoms with van der Waals surface area (Å²) in [5.41, 5.74) is 2.81. The summed E-state index contributed by atoms with van der Waals surface area (Å²) < 4.78 is 0. The van der Waals surface area contributed by atoms with Crippen LogP contribution in [0.4, 0.5) is 0 Å². The zero-order valence-corrected chi connectivity index (χ0v) is 9.88. The van der Waals surface area contributed by atoms with Gasteiger partial charge in [-0.05, 0) is 38.0 Å². The van der Waals surface area contributed by atoms with E-state index in [4.69, 9.17) is 5.21 Å². The van der Waals surface area contributed by atoms with Gasteiger partial charge in [-0.3, -0.25) is 0 Å². The Morgan fingerprint density at radius 1 is 1.44 bits per heavy atom. The third-order valence-corrected chi connectivity index (χ3v) is 2.28. The zero-order chi connectivity index (χ0) is 12.0. The molecule has 0 saturated heterocycles. The Morgan fingerprint density at radius 2 is 2.19 bits per heavy atom. The maximum Gasteiger partial charge on any atom is 0.0712 e. The van der Waals surface area contributed by atoms with Crippen molar-refractivity contribution in [1.82, 2.24) is 5.01 Å². The molecule has 4 heteroatoms. The van der Waals surface area contributed by atoms with Gasteiger partial charge in [-0.25, -0.2) is 5.01 Å². The van der Waals surface area contributed by atoms with Crippen molar-refractivity contribution >= 4 is 11.9 Å². The van der Waals surface area contributed by atoms with Gasteiger partial charge in [0.05, 0.1) is 11.9 Å². The van der Waals surface area contributed by atoms with Crippen LogP contribution in [0, 0.1) is 0 Å². The van der Waals surface area contributed by atoms with E-state index in [1.54, 1.807) is 5.01 Å². The number of hydrogen-bond donors (Lipinski definition) is 1. The van der Waals surface area contributed by atoms with E-state index in [1.807, 2.05) is 38.3 Å². The van der Waals surface area contributed by atoms with Gasteiger partial charge < -0.3 is 5.21 Å². The minimum atomic E-state index is 0.857. The molecular formula is C12H17N3O. The molecule has 1 heterocycles. The number of allylic oxidation sites excluding steroid dienone is 4. The van der Waals surface area contributed by atoms with Gasteiger partial charge in [-0.15, -0.1) is 0 Å². The summed E-state index contributed by atoms with van der Waals surface area (Å²) in [6.45, 7) is 5.93. The SMILES string of the molecule is CC/C(C)=N/N1C=CC=C/C1=C(/C)C=NO. The topological polar surface area (TPSA) is 48.2 Å². The van der Waals surface area contributed by atoms with Gasteiger partial charge in [0.25, 0.3) is 0 Å². The summed E-state index contributed by atoms with van der Waals surface area (Å²) in [5.74, 6) is 0. The highest BCUT2D eigenvalue weighted by Crippen LogP contribution is 2.16. The lowest BCUT2D eigenvalue weighted by molar-refractivity contribution is 0.321. The minimum absolute atomic E-state index is 0.857. The van der Waals surface area contributed by atoms with Gasteiger partial charge in [0, 0.05) is 11.9 Å². The molecule has 4 nitrogen and oxygen atoms in total. The molecule has 0 spiro atoms. The van der Waals surface area contributed by atoms with Crippen LogP contribution < -0.4 is 0 Å². The Morgan fingerprint density at radius 3 is 2.81 bits per heavy atom. The van der Waals surface area contributed by atoms with E-state index >= 15 is 0 Å². The average molecular weight is 219 g/mol. The van der Waals surface area contributed by atoms with E-state index in [-0.39, 0.29) is 0 Å². The molecule has 0 aliphatic carbocycles. The first kappa shape index (κ1) is 12.2. The van der Waals surface area contributed by atoms with Crippen molar-refractivity contribution in [2.24, 2.45) is 10.3 Å². The lowest BCUT2D eigenvalue weighted by Crippen LogP contribution is -2.14. The van der Waals surface area contributed by atoms with E-state index in [1.165, 1.54) is 6.21 Å². The average Bonchev–Trinajstić information content (AvgIpc) is 2.30. The van der Waals surface area contributed by atoms with E-state index in [2.05, 4.69) is 17.2 Å². The first-order valence-corrected chi connectivity index (χ1v) is 5.25. The van der Waals surface area contributed by atoms with Crippen LogP contribution in [-0.4, -0.2) is 22.1 Å². The van der Waals surface area contributed by atoms with Crippen molar-refractivity contribution in [3.8, 4) is 0 Å². The largest absolute Gasteiger partial charge is 0.411 e. The Balaban J connectivity index is 3.03.